The SMILES string of the molecule is Cc1cc(-c2noc(-c3cccc(N(C)C)c3)n2)ccc1OC(C)C. The van der Waals surface area contributed by atoms with Crippen molar-refractivity contribution >= 4 is 5.69 Å². The third-order valence-electron chi connectivity index (χ3n) is 3.83. The Labute approximate surface area is 148 Å². The molecule has 0 amide bonds. The van der Waals surface area contributed by atoms with Gasteiger partial charge < -0.3 is 14.2 Å². The minimum atomic E-state index is 0.144. The van der Waals surface area contributed by atoms with Gasteiger partial charge in [0, 0.05) is 30.9 Å². The van der Waals surface area contributed by atoms with Crippen molar-refractivity contribution in [1.29, 1.82) is 0 Å². The number of benzene rings is 2. The molecule has 5 nitrogen and oxygen atoms in total. The molecule has 130 valence electrons. The van der Waals surface area contributed by atoms with Crippen molar-refractivity contribution in [3.05, 3.63) is 48.0 Å². The van der Waals surface area contributed by atoms with Crippen LogP contribution in [0.5, 0.6) is 5.75 Å². The zero-order chi connectivity index (χ0) is 18.0. The molecule has 0 unspecified atom stereocenters. The van der Waals surface area contributed by atoms with Crippen LogP contribution in [0.25, 0.3) is 22.8 Å². The number of hydrogen-bond donors (Lipinski definition) is 0. The van der Waals surface area contributed by atoms with Gasteiger partial charge in [0.15, 0.2) is 0 Å². The molecule has 0 aliphatic heterocycles. The van der Waals surface area contributed by atoms with E-state index in [1.54, 1.807) is 0 Å². The van der Waals surface area contributed by atoms with Gasteiger partial charge in [0.05, 0.1) is 6.10 Å². The number of anilines is 1. The van der Waals surface area contributed by atoms with E-state index >= 15 is 0 Å². The first-order valence-electron chi connectivity index (χ1n) is 8.33. The van der Waals surface area contributed by atoms with Crippen molar-refractivity contribution in [3.63, 3.8) is 0 Å². The molecule has 0 fully saturated rings. The lowest BCUT2D eigenvalue weighted by atomic mass is 10.1. The second-order valence-corrected chi connectivity index (χ2v) is 6.51. The molecule has 0 bridgehead atoms. The van der Waals surface area contributed by atoms with Crippen molar-refractivity contribution in [1.82, 2.24) is 10.1 Å². The summed E-state index contributed by atoms with van der Waals surface area (Å²) in [5, 5.41) is 4.13. The molecule has 3 rings (SSSR count). The van der Waals surface area contributed by atoms with Gasteiger partial charge in [-0.1, -0.05) is 11.2 Å². The van der Waals surface area contributed by atoms with Crippen LogP contribution in [0.2, 0.25) is 0 Å². The van der Waals surface area contributed by atoms with Gasteiger partial charge in [-0.3, -0.25) is 0 Å². The van der Waals surface area contributed by atoms with E-state index in [9.17, 15) is 0 Å². The molecular weight excluding hydrogens is 314 g/mol. The Morgan fingerprint density at radius 2 is 1.84 bits per heavy atom. The lowest BCUT2D eigenvalue weighted by Gasteiger charge is -2.12. The van der Waals surface area contributed by atoms with E-state index < -0.39 is 0 Å². The van der Waals surface area contributed by atoms with Crippen LogP contribution in [0.3, 0.4) is 0 Å². The molecule has 25 heavy (non-hydrogen) atoms. The summed E-state index contributed by atoms with van der Waals surface area (Å²) >= 11 is 0. The van der Waals surface area contributed by atoms with Crippen molar-refractivity contribution < 1.29 is 9.26 Å². The maximum atomic E-state index is 5.78. The van der Waals surface area contributed by atoms with Gasteiger partial charge in [0.25, 0.3) is 5.89 Å². The van der Waals surface area contributed by atoms with Crippen LogP contribution in [0.15, 0.2) is 47.0 Å². The minimum Gasteiger partial charge on any atom is -0.491 e. The maximum absolute atomic E-state index is 5.78. The molecule has 0 radical (unpaired) electrons. The summed E-state index contributed by atoms with van der Waals surface area (Å²) < 4.78 is 11.2. The van der Waals surface area contributed by atoms with E-state index in [0.29, 0.717) is 11.7 Å². The topological polar surface area (TPSA) is 51.4 Å². The first kappa shape index (κ1) is 17.0. The highest BCUT2D eigenvalue weighted by molar-refractivity contribution is 5.65. The Morgan fingerprint density at radius 3 is 2.52 bits per heavy atom. The average molecular weight is 337 g/mol. The van der Waals surface area contributed by atoms with Crippen LogP contribution in [-0.4, -0.2) is 30.3 Å². The second kappa shape index (κ2) is 6.97. The zero-order valence-corrected chi connectivity index (χ0v) is 15.3. The van der Waals surface area contributed by atoms with Crippen LogP contribution in [-0.2, 0) is 0 Å². The van der Waals surface area contributed by atoms with Crippen LogP contribution < -0.4 is 9.64 Å². The van der Waals surface area contributed by atoms with Crippen molar-refractivity contribution in [2.75, 3.05) is 19.0 Å². The molecule has 5 heteroatoms. The van der Waals surface area contributed by atoms with Gasteiger partial charge in [0.1, 0.15) is 5.75 Å². The minimum absolute atomic E-state index is 0.144. The van der Waals surface area contributed by atoms with Crippen LogP contribution >= 0.6 is 0 Å². The molecule has 0 saturated carbocycles. The third kappa shape index (κ3) is 3.82. The Hall–Kier alpha value is -2.82. The highest BCUT2D eigenvalue weighted by Gasteiger charge is 2.13. The van der Waals surface area contributed by atoms with Gasteiger partial charge in [-0.2, -0.15) is 4.98 Å². The molecular formula is C20H23N3O2. The molecule has 1 aromatic heterocycles. The molecule has 0 aliphatic rings. The zero-order valence-electron chi connectivity index (χ0n) is 15.3. The Balaban J connectivity index is 1.89. The van der Waals surface area contributed by atoms with E-state index in [0.717, 1.165) is 28.1 Å². The molecule has 0 aliphatic carbocycles. The number of aromatic nitrogens is 2. The highest BCUT2D eigenvalue weighted by Crippen LogP contribution is 2.28. The summed E-state index contributed by atoms with van der Waals surface area (Å²) in [4.78, 5) is 6.59. The summed E-state index contributed by atoms with van der Waals surface area (Å²) in [6, 6.07) is 13.9. The van der Waals surface area contributed by atoms with Crippen molar-refractivity contribution in [2.45, 2.75) is 26.9 Å². The maximum Gasteiger partial charge on any atom is 0.258 e. The van der Waals surface area contributed by atoms with E-state index in [1.807, 2.05) is 82.2 Å². The summed E-state index contributed by atoms with van der Waals surface area (Å²) in [7, 11) is 4.00. The van der Waals surface area contributed by atoms with Crippen molar-refractivity contribution in [2.24, 2.45) is 0 Å². The summed E-state index contributed by atoms with van der Waals surface area (Å²) in [5.41, 5.74) is 3.95. The molecule has 1 heterocycles. The molecule has 0 saturated heterocycles. The fourth-order valence-corrected chi connectivity index (χ4v) is 2.55. The van der Waals surface area contributed by atoms with Gasteiger partial charge in [0.2, 0.25) is 5.82 Å². The van der Waals surface area contributed by atoms with E-state index in [2.05, 4.69) is 10.1 Å². The van der Waals surface area contributed by atoms with E-state index in [-0.39, 0.29) is 6.10 Å². The van der Waals surface area contributed by atoms with Gasteiger partial charge in [-0.25, -0.2) is 0 Å². The van der Waals surface area contributed by atoms with Crippen molar-refractivity contribution in [3.8, 4) is 28.6 Å². The van der Waals surface area contributed by atoms with Crippen LogP contribution in [0, 0.1) is 6.92 Å². The normalized spacial score (nSPS) is 11.0. The smallest absolute Gasteiger partial charge is 0.258 e. The Bertz CT molecular complexity index is 869. The highest BCUT2D eigenvalue weighted by atomic mass is 16.5. The third-order valence-corrected chi connectivity index (χ3v) is 3.83. The van der Waals surface area contributed by atoms with E-state index in [4.69, 9.17) is 9.26 Å². The fourth-order valence-electron chi connectivity index (χ4n) is 2.55. The lowest BCUT2D eigenvalue weighted by molar-refractivity contribution is 0.241. The van der Waals surface area contributed by atoms with Gasteiger partial charge in [-0.15, -0.1) is 0 Å². The summed E-state index contributed by atoms with van der Waals surface area (Å²) in [6.45, 7) is 6.05. The van der Waals surface area contributed by atoms with E-state index in [1.165, 1.54) is 0 Å². The van der Waals surface area contributed by atoms with Crippen LogP contribution in [0.1, 0.15) is 19.4 Å². The monoisotopic (exact) mass is 337 g/mol. The lowest BCUT2D eigenvalue weighted by Crippen LogP contribution is -2.08. The molecule has 0 atom stereocenters. The average Bonchev–Trinajstić information content (AvgIpc) is 3.06. The number of hydrogen-bond acceptors (Lipinski definition) is 5. The van der Waals surface area contributed by atoms with Crippen LogP contribution in [0.4, 0.5) is 5.69 Å². The second-order valence-electron chi connectivity index (χ2n) is 6.51. The molecule has 0 N–H and O–H groups in total. The Morgan fingerprint density at radius 1 is 1.04 bits per heavy atom. The predicted molar refractivity (Wildman–Crippen MR) is 100.0 cm³/mol. The fraction of sp³-hybridized carbons (Fsp3) is 0.300. The number of aryl methyl sites for hydroxylation is 1. The Kier molecular flexibility index (Phi) is 4.74. The van der Waals surface area contributed by atoms with Gasteiger partial charge in [-0.05, 0) is 62.7 Å². The molecule has 2 aromatic carbocycles. The predicted octanol–water partition coefficient (Wildman–Crippen LogP) is 4.57. The number of ether oxygens (including phenoxy) is 1. The molecule has 0 spiro atoms. The van der Waals surface area contributed by atoms with Gasteiger partial charge >= 0.3 is 0 Å². The summed E-state index contributed by atoms with van der Waals surface area (Å²) in [6.07, 6.45) is 0.144. The standard InChI is InChI=1S/C20H23N3O2/c1-13(2)24-18-10-9-15(11-14(18)3)19-21-20(25-22-19)16-7-6-8-17(12-16)23(4)5/h6-13H,1-5H3. The quantitative estimate of drug-likeness (QED) is 0.683. The largest absolute Gasteiger partial charge is 0.491 e. The first-order chi connectivity index (χ1) is 11.9. The molecule has 3 aromatic rings. The first-order valence-corrected chi connectivity index (χ1v) is 8.33. The number of nitrogens with zero attached hydrogens (tertiary/aromatic N) is 3. The summed E-state index contributed by atoms with van der Waals surface area (Å²) in [5.74, 6) is 1.96. The number of rotatable bonds is 5.